The summed E-state index contributed by atoms with van der Waals surface area (Å²) >= 11 is 0. The van der Waals surface area contributed by atoms with Gasteiger partial charge in [-0.05, 0) is 31.2 Å². The largest absolute Gasteiger partial charge is 0.335 e. The minimum absolute atomic E-state index is 0.874. The fourth-order valence-corrected chi connectivity index (χ4v) is 3.51. The summed E-state index contributed by atoms with van der Waals surface area (Å²) in [6.07, 6.45) is 2.24. The topological polar surface area (TPSA) is 22.8 Å². The maximum atomic E-state index is 4.87. The molecule has 0 saturated heterocycles. The Hall–Kier alpha value is -3.07. The van der Waals surface area contributed by atoms with Crippen molar-refractivity contribution in [3.63, 3.8) is 0 Å². The van der Waals surface area contributed by atoms with Gasteiger partial charge >= 0.3 is 0 Å². The molecule has 2 aromatic heterocycles. The van der Waals surface area contributed by atoms with E-state index in [4.69, 9.17) is 5.10 Å². The average molecular weight is 311 g/mol. The summed E-state index contributed by atoms with van der Waals surface area (Å²) in [5, 5.41) is 6.14. The fourth-order valence-electron chi connectivity index (χ4n) is 3.51. The van der Waals surface area contributed by atoms with E-state index in [1.165, 1.54) is 22.3 Å². The maximum absolute atomic E-state index is 4.87. The molecule has 0 fully saturated rings. The van der Waals surface area contributed by atoms with Crippen LogP contribution in [0.15, 0.2) is 72.8 Å². The van der Waals surface area contributed by atoms with Crippen LogP contribution in [0.3, 0.4) is 0 Å². The normalized spacial score (nSPS) is 13.3. The lowest BCUT2D eigenvalue weighted by atomic mass is 10.1. The summed E-state index contributed by atoms with van der Waals surface area (Å²) in [7, 11) is 0. The molecule has 0 unspecified atom stereocenters. The van der Waals surface area contributed by atoms with Gasteiger partial charge in [-0.15, -0.1) is 0 Å². The number of para-hydroxylation sites is 1. The summed E-state index contributed by atoms with van der Waals surface area (Å²) in [4.78, 5) is 0. The lowest BCUT2D eigenvalue weighted by molar-refractivity contribution is 0.877. The van der Waals surface area contributed by atoms with Crippen LogP contribution in [0.1, 0.15) is 6.92 Å². The van der Waals surface area contributed by atoms with E-state index in [1.54, 1.807) is 0 Å². The molecule has 2 aromatic carbocycles. The predicted octanol–water partition coefficient (Wildman–Crippen LogP) is 5.05. The molecule has 0 amide bonds. The van der Waals surface area contributed by atoms with Crippen LogP contribution in [-0.2, 0) is 6.54 Å². The van der Waals surface area contributed by atoms with E-state index in [2.05, 4.69) is 82.9 Å². The molecule has 3 heterocycles. The van der Waals surface area contributed by atoms with Crippen LogP contribution in [0.25, 0.3) is 39.2 Å². The minimum Gasteiger partial charge on any atom is -0.335 e. The van der Waals surface area contributed by atoms with E-state index in [0.717, 1.165) is 23.5 Å². The average Bonchev–Trinajstić information content (AvgIpc) is 3.19. The summed E-state index contributed by atoms with van der Waals surface area (Å²) in [5.74, 6) is 0. The number of allylic oxidation sites excluding steroid dienone is 2. The molecule has 0 atom stereocenters. The molecule has 3 heteroatoms. The lowest BCUT2D eigenvalue weighted by Crippen LogP contribution is -1.98. The van der Waals surface area contributed by atoms with Gasteiger partial charge < -0.3 is 4.57 Å². The SMILES string of the molecule is CC1=CCn2c(cc3ccccc32)-c2cc(-c3ccccc3)nn21. The number of hydrogen-bond acceptors (Lipinski definition) is 1. The zero-order valence-corrected chi connectivity index (χ0v) is 13.5. The van der Waals surface area contributed by atoms with Gasteiger partial charge in [0.05, 0.1) is 17.1 Å². The smallest absolute Gasteiger partial charge is 0.0934 e. The Morgan fingerprint density at radius 1 is 0.875 bits per heavy atom. The van der Waals surface area contributed by atoms with Gasteiger partial charge in [-0.1, -0.05) is 48.5 Å². The summed E-state index contributed by atoms with van der Waals surface area (Å²) in [6, 6.07) is 23.4. The molecule has 3 nitrogen and oxygen atoms in total. The molecule has 116 valence electrons. The van der Waals surface area contributed by atoms with Gasteiger partial charge in [0.2, 0.25) is 0 Å². The fraction of sp³-hybridized carbons (Fsp3) is 0.0952. The van der Waals surface area contributed by atoms with Crippen molar-refractivity contribution >= 4 is 16.6 Å². The highest BCUT2D eigenvalue weighted by Crippen LogP contribution is 2.34. The first kappa shape index (κ1) is 13.4. The van der Waals surface area contributed by atoms with E-state index in [9.17, 15) is 0 Å². The number of fused-ring (bicyclic) bond motifs is 5. The van der Waals surface area contributed by atoms with Crippen LogP contribution >= 0.6 is 0 Å². The Morgan fingerprint density at radius 2 is 1.67 bits per heavy atom. The second kappa shape index (κ2) is 4.96. The van der Waals surface area contributed by atoms with Gasteiger partial charge in [0.15, 0.2) is 0 Å². The van der Waals surface area contributed by atoms with Crippen molar-refractivity contribution in [3.8, 4) is 22.6 Å². The van der Waals surface area contributed by atoms with Crippen molar-refractivity contribution in [2.75, 3.05) is 0 Å². The molecule has 0 spiro atoms. The number of aromatic nitrogens is 3. The Morgan fingerprint density at radius 3 is 2.54 bits per heavy atom. The van der Waals surface area contributed by atoms with E-state index in [0.29, 0.717) is 0 Å². The van der Waals surface area contributed by atoms with Crippen LogP contribution in [0.5, 0.6) is 0 Å². The third kappa shape index (κ3) is 1.88. The molecule has 5 rings (SSSR count). The lowest BCUT2D eigenvalue weighted by Gasteiger charge is -2.05. The third-order valence-electron chi connectivity index (χ3n) is 4.76. The number of benzene rings is 2. The van der Waals surface area contributed by atoms with E-state index in [1.807, 2.05) is 6.07 Å². The van der Waals surface area contributed by atoms with Gasteiger partial charge in [-0.25, -0.2) is 4.68 Å². The molecule has 1 aliphatic heterocycles. The molecule has 0 bridgehead atoms. The maximum Gasteiger partial charge on any atom is 0.0934 e. The Bertz CT molecular complexity index is 1080. The van der Waals surface area contributed by atoms with Crippen molar-refractivity contribution in [1.29, 1.82) is 0 Å². The minimum atomic E-state index is 0.874. The Kier molecular flexibility index (Phi) is 2.77. The summed E-state index contributed by atoms with van der Waals surface area (Å²) in [5.41, 5.74) is 6.97. The van der Waals surface area contributed by atoms with Crippen molar-refractivity contribution in [2.45, 2.75) is 13.5 Å². The molecule has 1 aliphatic rings. The number of nitrogens with zero attached hydrogens (tertiary/aromatic N) is 3. The standard InChI is InChI=1S/C21H17N3/c1-15-11-12-23-19-10-6-5-9-17(19)13-20(23)21-14-18(22-24(15)21)16-7-3-2-4-8-16/h2-11,13-14H,12H2,1H3. The second-order valence-electron chi connectivity index (χ2n) is 6.24. The monoisotopic (exact) mass is 311 g/mol. The highest BCUT2D eigenvalue weighted by atomic mass is 15.3. The number of hydrogen-bond donors (Lipinski definition) is 0. The summed E-state index contributed by atoms with van der Waals surface area (Å²) < 4.78 is 4.44. The first-order chi connectivity index (χ1) is 11.8. The molecule has 24 heavy (non-hydrogen) atoms. The second-order valence-corrected chi connectivity index (χ2v) is 6.24. The third-order valence-corrected chi connectivity index (χ3v) is 4.76. The Balaban J connectivity index is 1.79. The van der Waals surface area contributed by atoms with Crippen LogP contribution in [-0.4, -0.2) is 14.3 Å². The number of rotatable bonds is 1. The van der Waals surface area contributed by atoms with Gasteiger partial charge in [-0.3, -0.25) is 0 Å². The highest BCUT2D eigenvalue weighted by Gasteiger charge is 2.19. The van der Waals surface area contributed by atoms with Crippen LogP contribution < -0.4 is 0 Å². The summed E-state index contributed by atoms with van der Waals surface area (Å²) in [6.45, 7) is 3.00. The van der Waals surface area contributed by atoms with E-state index in [-0.39, 0.29) is 0 Å². The van der Waals surface area contributed by atoms with Crippen LogP contribution in [0.4, 0.5) is 0 Å². The quantitative estimate of drug-likeness (QED) is 0.482. The van der Waals surface area contributed by atoms with Gasteiger partial charge in [0, 0.05) is 28.7 Å². The van der Waals surface area contributed by atoms with Crippen LogP contribution in [0.2, 0.25) is 0 Å². The highest BCUT2D eigenvalue weighted by molar-refractivity contribution is 5.88. The molecule has 0 aliphatic carbocycles. The van der Waals surface area contributed by atoms with Crippen molar-refractivity contribution < 1.29 is 0 Å². The van der Waals surface area contributed by atoms with Crippen molar-refractivity contribution in [1.82, 2.24) is 14.3 Å². The zero-order valence-electron chi connectivity index (χ0n) is 13.5. The van der Waals surface area contributed by atoms with Crippen LogP contribution in [0, 0.1) is 0 Å². The Labute approximate surface area is 140 Å². The van der Waals surface area contributed by atoms with Gasteiger partial charge in [-0.2, -0.15) is 5.10 Å². The molecule has 0 saturated carbocycles. The first-order valence-corrected chi connectivity index (χ1v) is 8.22. The molecule has 4 aromatic rings. The van der Waals surface area contributed by atoms with Crippen molar-refractivity contribution in [2.24, 2.45) is 0 Å². The molecular formula is C21H17N3. The van der Waals surface area contributed by atoms with Gasteiger partial charge in [0.1, 0.15) is 0 Å². The molecular weight excluding hydrogens is 294 g/mol. The molecule has 0 radical (unpaired) electrons. The van der Waals surface area contributed by atoms with E-state index < -0.39 is 0 Å². The van der Waals surface area contributed by atoms with E-state index >= 15 is 0 Å². The predicted molar refractivity (Wildman–Crippen MR) is 98.5 cm³/mol. The van der Waals surface area contributed by atoms with Crippen molar-refractivity contribution in [3.05, 3.63) is 72.8 Å². The van der Waals surface area contributed by atoms with Gasteiger partial charge in [0.25, 0.3) is 0 Å². The first-order valence-electron chi connectivity index (χ1n) is 8.22. The molecule has 0 N–H and O–H groups in total. The zero-order chi connectivity index (χ0) is 16.1.